The fourth-order valence-electron chi connectivity index (χ4n) is 2.90. The molecule has 1 aliphatic carbocycles. The summed E-state index contributed by atoms with van der Waals surface area (Å²) in [5.41, 5.74) is 7.87. The molecular weight excluding hydrogens is 381 g/mol. The zero-order chi connectivity index (χ0) is 19.7. The number of hydrogen-bond acceptors (Lipinski definition) is 9. The molecule has 1 aliphatic rings. The van der Waals surface area contributed by atoms with Gasteiger partial charge in [-0.15, -0.1) is 10.2 Å². The van der Waals surface area contributed by atoms with Crippen LogP contribution in [0.25, 0.3) is 0 Å². The number of nitrogens with one attached hydrogen (secondary N) is 1. The quantitative estimate of drug-likeness (QED) is 0.622. The highest BCUT2D eigenvalue weighted by molar-refractivity contribution is 7.11. The van der Waals surface area contributed by atoms with E-state index in [2.05, 4.69) is 30.5 Å². The minimum absolute atomic E-state index is 0.0112. The fraction of sp³-hybridized carbons (Fsp3) is 0.389. The molecule has 4 rings (SSSR count). The first-order valence-corrected chi connectivity index (χ1v) is 9.72. The summed E-state index contributed by atoms with van der Waals surface area (Å²) in [6.45, 7) is 4.50. The van der Waals surface area contributed by atoms with E-state index < -0.39 is 5.82 Å². The molecule has 2 atom stereocenters. The van der Waals surface area contributed by atoms with Crippen LogP contribution in [-0.4, -0.2) is 31.8 Å². The van der Waals surface area contributed by atoms with Crippen LogP contribution in [-0.2, 0) is 6.54 Å². The zero-order valence-electron chi connectivity index (χ0n) is 15.5. The van der Waals surface area contributed by atoms with E-state index in [1.54, 1.807) is 0 Å². The number of rotatable bonds is 7. The van der Waals surface area contributed by atoms with Gasteiger partial charge in [0.05, 0.1) is 13.2 Å². The third kappa shape index (κ3) is 4.16. The van der Waals surface area contributed by atoms with Gasteiger partial charge in [0.25, 0.3) is 5.88 Å². The average Bonchev–Trinajstić information content (AvgIpc) is 3.33. The van der Waals surface area contributed by atoms with Gasteiger partial charge in [0.2, 0.25) is 11.8 Å². The van der Waals surface area contributed by atoms with Gasteiger partial charge in [-0.05, 0) is 31.9 Å². The van der Waals surface area contributed by atoms with Crippen LogP contribution < -0.4 is 15.8 Å². The van der Waals surface area contributed by atoms with Crippen molar-refractivity contribution in [1.82, 2.24) is 25.1 Å². The molecule has 28 heavy (non-hydrogen) atoms. The van der Waals surface area contributed by atoms with E-state index in [1.165, 1.54) is 11.3 Å². The maximum atomic E-state index is 14.7. The van der Waals surface area contributed by atoms with Crippen molar-refractivity contribution in [2.75, 3.05) is 17.7 Å². The Morgan fingerprint density at radius 2 is 2.14 bits per heavy atom. The summed E-state index contributed by atoms with van der Waals surface area (Å²) in [6.07, 6.45) is 2.81. The second-order valence-electron chi connectivity index (χ2n) is 6.79. The fourth-order valence-corrected chi connectivity index (χ4v) is 3.55. The van der Waals surface area contributed by atoms with Gasteiger partial charge in [-0.2, -0.15) is 14.4 Å². The highest BCUT2D eigenvalue weighted by atomic mass is 32.1. The topological polar surface area (TPSA) is 112 Å². The van der Waals surface area contributed by atoms with Crippen LogP contribution in [0.15, 0.2) is 18.3 Å². The molecule has 3 aromatic heterocycles. The van der Waals surface area contributed by atoms with E-state index in [-0.39, 0.29) is 23.6 Å². The lowest BCUT2D eigenvalue weighted by Crippen LogP contribution is -2.11. The molecule has 146 valence electrons. The highest BCUT2D eigenvalue weighted by Gasteiger charge is 2.40. The summed E-state index contributed by atoms with van der Waals surface area (Å²) < 4.78 is 20.3. The number of nitrogens with zero attached hydrogens (tertiary/aromatic N) is 5. The predicted octanol–water partition coefficient (Wildman–Crippen LogP) is 2.86. The van der Waals surface area contributed by atoms with Crippen LogP contribution in [0.4, 0.5) is 16.2 Å². The molecule has 0 aromatic carbocycles. The summed E-state index contributed by atoms with van der Waals surface area (Å²) in [7, 11) is 0. The van der Waals surface area contributed by atoms with Gasteiger partial charge in [-0.3, -0.25) is 4.98 Å². The first-order valence-electron chi connectivity index (χ1n) is 8.91. The van der Waals surface area contributed by atoms with Crippen LogP contribution in [0.5, 0.6) is 5.88 Å². The van der Waals surface area contributed by atoms with E-state index in [0.29, 0.717) is 19.1 Å². The zero-order valence-corrected chi connectivity index (χ0v) is 16.3. The lowest BCUT2D eigenvalue weighted by Gasteiger charge is -2.10. The first kappa shape index (κ1) is 18.5. The largest absolute Gasteiger partial charge is 0.475 e. The highest BCUT2D eigenvalue weighted by Crippen LogP contribution is 2.46. The van der Waals surface area contributed by atoms with Gasteiger partial charge in [0, 0.05) is 23.7 Å². The molecule has 1 saturated carbocycles. The van der Waals surface area contributed by atoms with E-state index >= 15 is 0 Å². The Bertz CT molecular complexity index is 979. The smallest absolute Gasteiger partial charge is 0.257 e. The number of halogens is 1. The molecule has 0 radical (unpaired) electrons. The molecule has 0 saturated heterocycles. The molecule has 0 amide bonds. The number of anilines is 2. The van der Waals surface area contributed by atoms with Gasteiger partial charge in [-0.1, -0.05) is 17.4 Å². The molecular formula is C18H20FN7OS. The number of nitrogen functional groups attached to an aromatic ring is 1. The summed E-state index contributed by atoms with van der Waals surface area (Å²) in [5, 5.41) is 12.4. The van der Waals surface area contributed by atoms with Gasteiger partial charge < -0.3 is 15.8 Å². The van der Waals surface area contributed by atoms with Gasteiger partial charge in [0.1, 0.15) is 10.0 Å². The normalized spacial score (nSPS) is 18.1. The number of hydrogen-bond donors (Lipinski definition) is 2. The Morgan fingerprint density at radius 3 is 2.86 bits per heavy atom. The molecule has 8 nitrogen and oxygen atoms in total. The van der Waals surface area contributed by atoms with Crippen molar-refractivity contribution < 1.29 is 9.13 Å². The Balaban J connectivity index is 1.38. The molecule has 3 N–H and O–H groups in total. The van der Waals surface area contributed by atoms with Crippen molar-refractivity contribution in [1.29, 1.82) is 0 Å². The van der Waals surface area contributed by atoms with Crippen LogP contribution in [0.1, 0.15) is 33.6 Å². The minimum atomic E-state index is -0.666. The third-order valence-electron chi connectivity index (χ3n) is 4.48. The van der Waals surface area contributed by atoms with Gasteiger partial charge >= 0.3 is 0 Å². The average molecular weight is 401 g/mol. The summed E-state index contributed by atoms with van der Waals surface area (Å²) in [5.74, 6) is -0.262. The van der Waals surface area contributed by atoms with Gasteiger partial charge in [-0.25, -0.2) is 0 Å². The van der Waals surface area contributed by atoms with Crippen LogP contribution in [0.3, 0.4) is 0 Å². The third-order valence-corrected chi connectivity index (χ3v) is 5.32. The van der Waals surface area contributed by atoms with E-state index in [0.717, 1.165) is 27.7 Å². The molecule has 0 aliphatic heterocycles. The maximum Gasteiger partial charge on any atom is 0.257 e. The van der Waals surface area contributed by atoms with Crippen molar-refractivity contribution in [2.45, 2.75) is 32.7 Å². The molecule has 0 spiro atoms. The van der Waals surface area contributed by atoms with E-state index in [1.807, 2.05) is 32.2 Å². The van der Waals surface area contributed by atoms with Gasteiger partial charge in [0.15, 0.2) is 5.82 Å². The Kier molecular flexibility index (Phi) is 5.03. The number of aryl methyl sites for hydroxylation is 2. The molecule has 0 unspecified atom stereocenters. The van der Waals surface area contributed by atoms with Crippen molar-refractivity contribution in [2.24, 2.45) is 5.92 Å². The van der Waals surface area contributed by atoms with Crippen molar-refractivity contribution >= 4 is 23.1 Å². The number of aromatic nitrogens is 5. The summed E-state index contributed by atoms with van der Waals surface area (Å²) in [6, 6.07) is 4.07. The lowest BCUT2D eigenvalue weighted by atomic mass is 10.2. The Morgan fingerprint density at radius 1 is 1.29 bits per heavy atom. The number of ether oxygens (including phenoxy) is 1. The molecule has 3 aromatic rings. The Labute approximate surface area is 165 Å². The summed E-state index contributed by atoms with van der Waals surface area (Å²) >= 11 is 1.42. The number of pyridine rings is 1. The van der Waals surface area contributed by atoms with Crippen LogP contribution in [0, 0.1) is 25.6 Å². The second-order valence-corrected chi connectivity index (χ2v) is 8.06. The summed E-state index contributed by atoms with van der Waals surface area (Å²) in [4.78, 5) is 12.3. The van der Waals surface area contributed by atoms with E-state index in [4.69, 9.17) is 10.5 Å². The first-order chi connectivity index (χ1) is 13.5. The van der Waals surface area contributed by atoms with Crippen LogP contribution in [0.2, 0.25) is 0 Å². The van der Waals surface area contributed by atoms with E-state index in [9.17, 15) is 4.39 Å². The monoisotopic (exact) mass is 401 g/mol. The maximum absolute atomic E-state index is 14.7. The van der Waals surface area contributed by atoms with Crippen molar-refractivity contribution in [3.05, 3.63) is 45.4 Å². The number of nitrogens with two attached hydrogens (primary N) is 1. The molecule has 3 heterocycles. The lowest BCUT2D eigenvalue weighted by molar-refractivity contribution is 0.271. The van der Waals surface area contributed by atoms with Crippen molar-refractivity contribution in [3.8, 4) is 5.88 Å². The second kappa shape index (κ2) is 7.63. The molecule has 10 heteroatoms. The predicted molar refractivity (Wildman–Crippen MR) is 104 cm³/mol. The van der Waals surface area contributed by atoms with Crippen molar-refractivity contribution in [3.63, 3.8) is 0 Å². The molecule has 1 fully saturated rings. The van der Waals surface area contributed by atoms with Crippen LogP contribution >= 0.6 is 11.3 Å². The minimum Gasteiger partial charge on any atom is -0.475 e. The standard InChI is InChI=1S/C18H20FN7OS/c1-9-3-4-13(21-6-9)12-5-11(12)8-27-17-15(19)16(23-18(20)24-17)22-7-14-26-25-10(2)28-14/h3-4,6,11-12H,5,7-8H2,1-2H3,(H3,20,22,23,24)/t11-,12+/m1/s1. The SMILES string of the molecule is Cc1ccc([C@H]2C[C@@H]2COc2nc(N)nc(NCc3nnc(C)s3)c2F)nc1. The Hall–Kier alpha value is -2.88. The molecule has 0 bridgehead atoms.